The van der Waals surface area contributed by atoms with Gasteiger partial charge < -0.3 is 19.7 Å². The van der Waals surface area contributed by atoms with Crippen LogP contribution in [0.5, 0.6) is 0 Å². The first-order chi connectivity index (χ1) is 12.5. The van der Waals surface area contributed by atoms with Gasteiger partial charge in [0.2, 0.25) is 0 Å². The summed E-state index contributed by atoms with van der Waals surface area (Å²) in [6, 6.07) is 0. The molecule has 0 amide bonds. The van der Waals surface area contributed by atoms with Gasteiger partial charge in [-0.15, -0.1) is 0 Å². The van der Waals surface area contributed by atoms with Crippen molar-refractivity contribution < 1.29 is 29.3 Å². The molecule has 2 N–H and O–H groups in total. The van der Waals surface area contributed by atoms with Gasteiger partial charge in [-0.3, -0.25) is 0 Å². The highest BCUT2D eigenvalue weighted by Gasteiger charge is 2.52. The number of unbranched alkanes of at least 4 members (excludes halogenated alkanes) is 10. The molecule has 2 atom stereocenters. The van der Waals surface area contributed by atoms with Crippen LogP contribution in [-0.4, -0.2) is 40.1 Å². The predicted octanol–water partition coefficient (Wildman–Crippen LogP) is 4.75. The van der Waals surface area contributed by atoms with Gasteiger partial charge in [0.25, 0.3) is 0 Å². The van der Waals surface area contributed by atoms with E-state index in [0.717, 1.165) is 19.3 Å². The molecule has 0 aromatic heterocycles. The van der Waals surface area contributed by atoms with E-state index in [1.54, 1.807) is 0 Å². The van der Waals surface area contributed by atoms with Crippen molar-refractivity contribution in [1.82, 2.24) is 0 Å². The van der Waals surface area contributed by atoms with Gasteiger partial charge in [-0.2, -0.15) is 0 Å². The smallest absolute Gasteiger partial charge is 0.336 e. The standard InChI is InChI=1S/C20H36O6/c1-3-5-6-7-8-9-10-11-12-13-14-15-20(4-2)25-16(18(21)22)17(26-20)19(23)24/h16-17H,3-15H2,1-2H3,(H,21,22)(H,23,24)/t16-,17-/m1/s1. The number of rotatable bonds is 15. The number of hydrogen-bond acceptors (Lipinski definition) is 4. The van der Waals surface area contributed by atoms with Crippen LogP contribution in [0.1, 0.15) is 97.3 Å². The summed E-state index contributed by atoms with van der Waals surface area (Å²) >= 11 is 0. The molecule has 1 aliphatic rings. The van der Waals surface area contributed by atoms with Gasteiger partial charge in [0.05, 0.1) is 0 Å². The fourth-order valence-electron chi connectivity index (χ4n) is 3.49. The Morgan fingerprint density at radius 1 is 0.731 bits per heavy atom. The summed E-state index contributed by atoms with van der Waals surface area (Å²) in [5, 5.41) is 18.3. The highest BCUT2D eigenvalue weighted by atomic mass is 16.8. The van der Waals surface area contributed by atoms with Crippen LogP contribution in [0.2, 0.25) is 0 Å². The minimum absolute atomic E-state index is 0.443. The Balaban J connectivity index is 2.20. The number of carboxylic acids is 2. The molecule has 1 fully saturated rings. The number of aliphatic carboxylic acids is 2. The predicted molar refractivity (Wildman–Crippen MR) is 99.1 cm³/mol. The summed E-state index contributed by atoms with van der Waals surface area (Å²) in [5.74, 6) is -3.65. The first kappa shape index (κ1) is 22.9. The van der Waals surface area contributed by atoms with Gasteiger partial charge in [0.15, 0.2) is 18.0 Å². The van der Waals surface area contributed by atoms with Crippen LogP contribution in [0.3, 0.4) is 0 Å². The summed E-state index contributed by atoms with van der Waals surface area (Å²) in [6.45, 7) is 4.07. The average molecular weight is 373 g/mol. The highest BCUT2D eigenvalue weighted by Crippen LogP contribution is 2.36. The van der Waals surface area contributed by atoms with Gasteiger partial charge in [0.1, 0.15) is 0 Å². The Kier molecular flexibility index (Phi) is 10.8. The van der Waals surface area contributed by atoms with Crippen LogP contribution in [-0.2, 0) is 19.1 Å². The Hall–Kier alpha value is -1.14. The van der Waals surface area contributed by atoms with Gasteiger partial charge in [0, 0.05) is 6.42 Å². The quantitative estimate of drug-likeness (QED) is 0.403. The normalized spacial score (nSPS) is 21.8. The molecule has 6 heteroatoms. The lowest BCUT2D eigenvalue weighted by Gasteiger charge is -2.26. The Labute approximate surface area is 157 Å². The van der Waals surface area contributed by atoms with Crippen LogP contribution >= 0.6 is 0 Å². The second kappa shape index (κ2) is 12.3. The molecule has 0 aromatic rings. The van der Waals surface area contributed by atoms with Crippen molar-refractivity contribution >= 4 is 11.9 Å². The van der Waals surface area contributed by atoms with Crippen molar-refractivity contribution in [3.63, 3.8) is 0 Å². The van der Waals surface area contributed by atoms with E-state index in [9.17, 15) is 9.59 Å². The lowest BCUT2D eigenvalue weighted by Crippen LogP contribution is -2.36. The zero-order valence-electron chi connectivity index (χ0n) is 16.4. The van der Waals surface area contributed by atoms with E-state index in [1.165, 1.54) is 51.4 Å². The van der Waals surface area contributed by atoms with E-state index >= 15 is 0 Å². The molecule has 152 valence electrons. The maximum Gasteiger partial charge on any atom is 0.336 e. The molecular weight excluding hydrogens is 336 g/mol. The molecular formula is C20H36O6. The summed E-state index contributed by atoms with van der Waals surface area (Å²) in [5.41, 5.74) is 0. The zero-order valence-corrected chi connectivity index (χ0v) is 16.4. The van der Waals surface area contributed by atoms with Gasteiger partial charge in [-0.05, 0) is 12.8 Å². The molecule has 6 nitrogen and oxygen atoms in total. The fraction of sp³-hybridized carbons (Fsp3) is 0.900. The maximum absolute atomic E-state index is 11.2. The SMILES string of the molecule is CCCCCCCCCCCCCC1(CC)O[C@@H](C(=O)O)[C@H](C(=O)O)O1. The largest absolute Gasteiger partial charge is 0.479 e. The summed E-state index contributed by atoms with van der Waals surface area (Å²) < 4.78 is 11.0. The lowest BCUT2D eigenvalue weighted by molar-refractivity contribution is -0.192. The molecule has 0 unspecified atom stereocenters. The van der Waals surface area contributed by atoms with E-state index in [-0.39, 0.29) is 0 Å². The lowest BCUT2D eigenvalue weighted by atomic mass is 10.0. The van der Waals surface area contributed by atoms with E-state index in [2.05, 4.69) is 6.92 Å². The molecule has 0 radical (unpaired) electrons. The molecule has 0 aromatic carbocycles. The third kappa shape index (κ3) is 7.62. The van der Waals surface area contributed by atoms with Crippen molar-refractivity contribution in [3.8, 4) is 0 Å². The van der Waals surface area contributed by atoms with Crippen LogP contribution < -0.4 is 0 Å². The van der Waals surface area contributed by atoms with Gasteiger partial charge in [-0.1, -0.05) is 78.1 Å². The van der Waals surface area contributed by atoms with Crippen LogP contribution in [0.25, 0.3) is 0 Å². The average Bonchev–Trinajstić information content (AvgIpc) is 3.01. The molecule has 1 saturated heterocycles. The fourth-order valence-corrected chi connectivity index (χ4v) is 3.49. The number of hydrogen-bond donors (Lipinski definition) is 2. The summed E-state index contributed by atoms with van der Waals surface area (Å²) in [6.07, 6.45) is 11.6. The molecule has 0 aliphatic carbocycles. The molecule has 26 heavy (non-hydrogen) atoms. The molecule has 0 bridgehead atoms. The number of ether oxygens (including phenoxy) is 2. The minimum atomic E-state index is -1.43. The first-order valence-electron chi connectivity index (χ1n) is 10.3. The molecule has 0 spiro atoms. The molecule has 1 aliphatic heterocycles. The highest BCUT2D eigenvalue weighted by molar-refractivity contribution is 5.84. The Morgan fingerprint density at radius 3 is 1.46 bits per heavy atom. The van der Waals surface area contributed by atoms with Crippen LogP contribution in [0.4, 0.5) is 0 Å². The second-order valence-corrected chi connectivity index (χ2v) is 7.30. The summed E-state index contributed by atoms with van der Waals surface area (Å²) in [4.78, 5) is 22.4. The van der Waals surface area contributed by atoms with Crippen molar-refractivity contribution in [2.75, 3.05) is 0 Å². The molecule has 0 saturated carbocycles. The van der Waals surface area contributed by atoms with Crippen molar-refractivity contribution in [2.45, 2.75) is 115 Å². The topological polar surface area (TPSA) is 93.1 Å². The third-order valence-electron chi connectivity index (χ3n) is 5.15. The third-order valence-corrected chi connectivity index (χ3v) is 5.15. The van der Waals surface area contributed by atoms with Crippen LogP contribution in [0, 0.1) is 0 Å². The monoisotopic (exact) mass is 372 g/mol. The van der Waals surface area contributed by atoms with E-state index in [4.69, 9.17) is 19.7 Å². The van der Waals surface area contributed by atoms with E-state index < -0.39 is 29.9 Å². The minimum Gasteiger partial charge on any atom is -0.479 e. The number of carbonyl (C=O) groups is 2. The second-order valence-electron chi connectivity index (χ2n) is 7.30. The van der Waals surface area contributed by atoms with Crippen LogP contribution in [0.15, 0.2) is 0 Å². The van der Waals surface area contributed by atoms with Gasteiger partial charge in [-0.25, -0.2) is 9.59 Å². The zero-order chi connectivity index (χ0) is 19.4. The van der Waals surface area contributed by atoms with Gasteiger partial charge >= 0.3 is 11.9 Å². The first-order valence-corrected chi connectivity index (χ1v) is 10.3. The maximum atomic E-state index is 11.2. The molecule has 1 rings (SSSR count). The van der Waals surface area contributed by atoms with Crippen molar-refractivity contribution in [2.24, 2.45) is 0 Å². The van der Waals surface area contributed by atoms with E-state index in [0.29, 0.717) is 12.8 Å². The van der Waals surface area contributed by atoms with Crippen molar-refractivity contribution in [3.05, 3.63) is 0 Å². The van der Waals surface area contributed by atoms with E-state index in [1.807, 2.05) is 6.92 Å². The molecule has 1 heterocycles. The van der Waals surface area contributed by atoms with Crippen molar-refractivity contribution in [1.29, 1.82) is 0 Å². The number of carboxylic acid groups (broad SMARTS) is 2. The summed E-state index contributed by atoms with van der Waals surface area (Å²) in [7, 11) is 0. The Bertz CT molecular complexity index is 401. The Morgan fingerprint density at radius 2 is 1.12 bits per heavy atom.